The summed E-state index contributed by atoms with van der Waals surface area (Å²) in [5.41, 5.74) is 5.19. The summed E-state index contributed by atoms with van der Waals surface area (Å²) >= 11 is 0. The third kappa shape index (κ3) is 2.25. The second-order valence-electron chi connectivity index (χ2n) is 3.99. The van der Waals surface area contributed by atoms with Gasteiger partial charge < -0.3 is 21.1 Å². The lowest BCUT2D eigenvalue weighted by atomic mass is 10.1. The largest absolute Gasteiger partial charge is 0.505 e. The van der Waals surface area contributed by atoms with Gasteiger partial charge in [-0.25, -0.2) is 4.98 Å². The average Bonchev–Trinajstić information content (AvgIpc) is 2.38. The van der Waals surface area contributed by atoms with E-state index in [0.29, 0.717) is 19.6 Å². The molecule has 1 atom stereocenters. The molecule has 0 radical (unpaired) electrons. The van der Waals surface area contributed by atoms with Gasteiger partial charge in [-0.2, -0.15) is 0 Å². The second-order valence-corrected chi connectivity index (χ2v) is 3.99. The molecule has 0 aliphatic carbocycles. The van der Waals surface area contributed by atoms with Crippen LogP contribution in [-0.4, -0.2) is 52.5 Å². The van der Waals surface area contributed by atoms with Crippen LogP contribution in [0.2, 0.25) is 0 Å². The van der Waals surface area contributed by atoms with Gasteiger partial charge in [-0.05, 0) is 12.1 Å². The Morgan fingerprint density at radius 3 is 3.00 bits per heavy atom. The van der Waals surface area contributed by atoms with Crippen molar-refractivity contribution in [3.63, 3.8) is 0 Å². The molecule has 1 aliphatic rings. The zero-order valence-corrected chi connectivity index (χ0v) is 9.67. The summed E-state index contributed by atoms with van der Waals surface area (Å²) in [4.78, 5) is 28.7. The Bertz CT molecular complexity index is 477. The van der Waals surface area contributed by atoms with Crippen LogP contribution in [0.5, 0.6) is 5.75 Å². The van der Waals surface area contributed by atoms with Crippen LogP contribution >= 0.6 is 0 Å². The maximum absolute atomic E-state index is 12.2. The van der Waals surface area contributed by atoms with Gasteiger partial charge in [0, 0.05) is 25.8 Å². The lowest BCUT2D eigenvalue weighted by molar-refractivity contribution is -0.122. The van der Waals surface area contributed by atoms with E-state index in [1.54, 1.807) is 0 Å². The first-order valence-corrected chi connectivity index (χ1v) is 5.56. The lowest BCUT2D eigenvalue weighted by Gasteiger charge is -2.33. The first kappa shape index (κ1) is 12.3. The van der Waals surface area contributed by atoms with Gasteiger partial charge in [0.05, 0.1) is 0 Å². The van der Waals surface area contributed by atoms with E-state index >= 15 is 0 Å². The number of nitrogens with zero attached hydrogens (tertiary/aromatic N) is 2. The van der Waals surface area contributed by atoms with Gasteiger partial charge in [0.1, 0.15) is 11.8 Å². The third-order valence-corrected chi connectivity index (χ3v) is 2.82. The molecule has 1 unspecified atom stereocenters. The quantitative estimate of drug-likeness (QED) is 0.603. The molecule has 0 aromatic carbocycles. The summed E-state index contributed by atoms with van der Waals surface area (Å²) in [6, 6.07) is 2.18. The summed E-state index contributed by atoms with van der Waals surface area (Å²) < 4.78 is 0. The van der Waals surface area contributed by atoms with Crippen LogP contribution in [0.3, 0.4) is 0 Å². The van der Waals surface area contributed by atoms with E-state index in [4.69, 9.17) is 5.73 Å². The lowest BCUT2D eigenvalue weighted by Crippen LogP contribution is -2.58. The minimum absolute atomic E-state index is 0.0642. The van der Waals surface area contributed by atoms with Crippen LogP contribution in [0.25, 0.3) is 0 Å². The smallest absolute Gasteiger partial charge is 0.277 e. The van der Waals surface area contributed by atoms with Gasteiger partial charge in [-0.3, -0.25) is 9.59 Å². The number of aromatic hydroxyl groups is 1. The molecule has 0 saturated carbocycles. The molecule has 0 spiro atoms. The number of pyridine rings is 1. The normalized spacial score (nSPS) is 19.6. The molecule has 18 heavy (non-hydrogen) atoms. The summed E-state index contributed by atoms with van der Waals surface area (Å²) in [5, 5.41) is 12.6. The maximum Gasteiger partial charge on any atom is 0.277 e. The molecular formula is C11H14N4O3. The minimum Gasteiger partial charge on any atom is -0.505 e. The number of amides is 2. The van der Waals surface area contributed by atoms with Crippen molar-refractivity contribution in [1.82, 2.24) is 15.2 Å². The molecule has 1 fully saturated rings. The summed E-state index contributed by atoms with van der Waals surface area (Å²) in [6.07, 6.45) is 1.41. The highest BCUT2D eigenvalue weighted by molar-refractivity contribution is 5.98. The molecule has 1 saturated heterocycles. The number of rotatable bonds is 2. The number of piperazine rings is 1. The van der Waals surface area contributed by atoms with Crippen molar-refractivity contribution < 1.29 is 14.7 Å². The van der Waals surface area contributed by atoms with E-state index in [9.17, 15) is 14.7 Å². The molecular weight excluding hydrogens is 236 g/mol. The zero-order valence-electron chi connectivity index (χ0n) is 9.67. The van der Waals surface area contributed by atoms with Crippen molar-refractivity contribution in [2.24, 2.45) is 5.73 Å². The van der Waals surface area contributed by atoms with Gasteiger partial charge >= 0.3 is 0 Å². The second kappa shape index (κ2) is 5.01. The van der Waals surface area contributed by atoms with E-state index in [1.807, 2.05) is 0 Å². The third-order valence-electron chi connectivity index (χ3n) is 2.82. The molecule has 2 rings (SSSR count). The average molecular weight is 250 g/mol. The Balaban J connectivity index is 2.27. The Morgan fingerprint density at radius 2 is 2.33 bits per heavy atom. The maximum atomic E-state index is 12.2. The van der Waals surface area contributed by atoms with Crippen LogP contribution < -0.4 is 11.1 Å². The molecule has 1 aromatic rings. The number of carbonyl (C=O) groups excluding carboxylic acids is 2. The van der Waals surface area contributed by atoms with Gasteiger partial charge in [0.2, 0.25) is 5.91 Å². The SMILES string of the molecule is NC(=O)C1CNCCN1C(=O)c1ncccc1O. The van der Waals surface area contributed by atoms with E-state index in [2.05, 4.69) is 10.3 Å². The van der Waals surface area contributed by atoms with E-state index in [0.717, 1.165) is 0 Å². The van der Waals surface area contributed by atoms with Crippen LogP contribution in [0.1, 0.15) is 10.5 Å². The number of primary amides is 1. The number of carbonyl (C=O) groups is 2. The molecule has 2 amide bonds. The van der Waals surface area contributed by atoms with Crippen molar-refractivity contribution >= 4 is 11.8 Å². The van der Waals surface area contributed by atoms with Gasteiger partial charge in [-0.1, -0.05) is 0 Å². The fourth-order valence-corrected chi connectivity index (χ4v) is 1.90. The van der Waals surface area contributed by atoms with Crippen LogP contribution in [-0.2, 0) is 4.79 Å². The van der Waals surface area contributed by atoms with Crippen molar-refractivity contribution in [2.45, 2.75) is 6.04 Å². The van der Waals surface area contributed by atoms with Gasteiger partial charge in [0.25, 0.3) is 5.91 Å². The fraction of sp³-hybridized carbons (Fsp3) is 0.364. The number of hydrogen-bond acceptors (Lipinski definition) is 5. The molecule has 96 valence electrons. The predicted octanol–water partition coefficient (Wildman–Crippen LogP) is -1.31. The number of nitrogens with two attached hydrogens (primary N) is 1. The molecule has 7 nitrogen and oxygen atoms in total. The van der Waals surface area contributed by atoms with Crippen molar-refractivity contribution in [3.8, 4) is 5.75 Å². The highest BCUT2D eigenvalue weighted by Gasteiger charge is 2.32. The van der Waals surface area contributed by atoms with Crippen LogP contribution in [0.4, 0.5) is 0 Å². The Hall–Kier alpha value is -2.15. The fourth-order valence-electron chi connectivity index (χ4n) is 1.90. The molecule has 7 heteroatoms. The van der Waals surface area contributed by atoms with Crippen LogP contribution in [0.15, 0.2) is 18.3 Å². The molecule has 0 bridgehead atoms. The number of aromatic nitrogens is 1. The molecule has 1 aromatic heterocycles. The Kier molecular flexibility index (Phi) is 3.42. The van der Waals surface area contributed by atoms with E-state index in [1.165, 1.54) is 23.2 Å². The standard InChI is InChI=1S/C11H14N4O3/c12-10(17)7-6-13-4-5-15(7)11(18)9-8(16)2-1-3-14-9/h1-3,7,13,16H,4-6H2,(H2,12,17). The van der Waals surface area contributed by atoms with E-state index in [-0.39, 0.29) is 11.4 Å². The molecule has 4 N–H and O–H groups in total. The molecule has 2 heterocycles. The Labute approximate surface area is 104 Å². The van der Waals surface area contributed by atoms with E-state index < -0.39 is 17.9 Å². The van der Waals surface area contributed by atoms with Crippen LogP contribution in [0, 0.1) is 0 Å². The highest BCUT2D eigenvalue weighted by Crippen LogP contribution is 2.17. The monoisotopic (exact) mass is 250 g/mol. The first-order chi connectivity index (χ1) is 8.61. The van der Waals surface area contributed by atoms with Gasteiger partial charge in [-0.15, -0.1) is 0 Å². The summed E-state index contributed by atoms with van der Waals surface area (Å²) in [6.45, 7) is 1.24. The molecule has 1 aliphatic heterocycles. The van der Waals surface area contributed by atoms with Crippen molar-refractivity contribution in [2.75, 3.05) is 19.6 Å². The van der Waals surface area contributed by atoms with Crippen molar-refractivity contribution in [1.29, 1.82) is 0 Å². The van der Waals surface area contributed by atoms with Gasteiger partial charge in [0.15, 0.2) is 5.69 Å². The topological polar surface area (TPSA) is 109 Å². The van der Waals surface area contributed by atoms with Crippen molar-refractivity contribution in [3.05, 3.63) is 24.0 Å². The highest BCUT2D eigenvalue weighted by atomic mass is 16.3. The first-order valence-electron chi connectivity index (χ1n) is 5.56. The number of nitrogens with one attached hydrogen (secondary N) is 1. The summed E-state index contributed by atoms with van der Waals surface area (Å²) in [5.74, 6) is -1.27. The Morgan fingerprint density at radius 1 is 1.56 bits per heavy atom. The zero-order chi connectivity index (χ0) is 13.1. The minimum atomic E-state index is -0.715. The number of hydrogen-bond donors (Lipinski definition) is 3. The summed E-state index contributed by atoms with van der Waals surface area (Å²) in [7, 11) is 0. The predicted molar refractivity (Wildman–Crippen MR) is 62.8 cm³/mol.